The molecule has 1 aromatic carbocycles. The molecule has 0 aromatic heterocycles. The summed E-state index contributed by atoms with van der Waals surface area (Å²) in [6, 6.07) is 5.16. The second kappa shape index (κ2) is 5.76. The smallest absolute Gasteiger partial charge is 0.311 e. The lowest BCUT2D eigenvalue weighted by molar-refractivity contribution is -0.385. The Balaban J connectivity index is 2.13. The highest BCUT2D eigenvalue weighted by Gasteiger charge is 2.26. The Kier molecular flexibility index (Phi) is 4.25. The van der Waals surface area contributed by atoms with Crippen LogP contribution in [0.4, 0.5) is 5.69 Å². The molecule has 0 amide bonds. The van der Waals surface area contributed by atoms with E-state index in [9.17, 15) is 10.1 Å². The van der Waals surface area contributed by atoms with Crippen LogP contribution < -0.4 is 10.1 Å². The van der Waals surface area contributed by atoms with Gasteiger partial charge in [-0.25, -0.2) is 0 Å². The van der Waals surface area contributed by atoms with Crippen LogP contribution in [0.2, 0.25) is 0 Å². The fourth-order valence-electron chi connectivity index (χ4n) is 2.62. The SMILES string of the molecule is COc1ccc(CN2CCNC(C)(C)C2)cc1[N+](=O)[O-]. The van der Waals surface area contributed by atoms with E-state index in [1.807, 2.05) is 6.07 Å². The number of benzene rings is 1. The average Bonchev–Trinajstić information content (AvgIpc) is 2.37. The molecule has 1 saturated heterocycles. The Labute approximate surface area is 118 Å². The lowest BCUT2D eigenvalue weighted by atomic mass is 10.0. The summed E-state index contributed by atoms with van der Waals surface area (Å²) in [5, 5.41) is 14.5. The van der Waals surface area contributed by atoms with Crippen LogP contribution in [0.25, 0.3) is 0 Å². The van der Waals surface area contributed by atoms with Crippen molar-refractivity contribution in [2.24, 2.45) is 0 Å². The summed E-state index contributed by atoms with van der Waals surface area (Å²) < 4.78 is 5.02. The van der Waals surface area contributed by atoms with E-state index >= 15 is 0 Å². The number of ether oxygens (including phenoxy) is 1. The van der Waals surface area contributed by atoms with Crippen molar-refractivity contribution in [3.8, 4) is 5.75 Å². The molecular formula is C14H21N3O3. The van der Waals surface area contributed by atoms with E-state index in [0.29, 0.717) is 5.75 Å². The van der Waals surface area contributed by atoms with Gasteiger partial charge >= 0.3 is 5.69 Å². The van der Waals surface area contributed by atoms with E-state index in [4.69, 9.17) is 4.74 Å². The molecule has 2 rings (SSSR count). The van der Waals surface area contributed by atoms with Crippen LogP contribution in [0.1, 0.15) is 19.4 Å². The minimum absolute atomic E-state index is 0.0272. The van der Waals surface area contributed by atoms with E-state index in [-0.39, 0.29) is 11.2 Å². The van der Waals surface area contributed by atoms with Crippen molar-refractivity contribution in [3.63, 3.8) is 0 Å². The number of nitro benzene ring substituents is 1. The predicted octanol–water partition coefficient (Wildman–Crippen LogP) is 1.79. The number of nitrogens with one attached hydrogen (secondary N) is 1. The third-order valence-corrected chi connectivity index (χ3v) is 3.50. The summed E-state index contributed by atoms with van der Waals surface area (Å²) in [6.07, 6.45) is 0. The van der Waals surface area contributed by atoms with Crippen molar-refractivity contribution in [1.29, 1.82) is 0 Å². The van der Waals surface area contributed by atoms with Gasteiger partial charge in [-0.1, -0.05) is 6.07 Å². The van der Waals surface area contributed by atoms with Gasteiger partial charge in [0.05, 0.1) is 12.0 Å². The van der Waals surface area contributed by atoms with Gasteiger partial charge in [-0.15, -0.1) is 0 Å². The summed E-state index contributed by atoms with van der Waals surface area (Å²) >= 11 is 0. The Morgan fingerprint density at radius 1 is 1.50 bits per heavy atom. The van der Waals surface area contributed by atoms with Crippen molar-refractivity contribution in [3.05, 3.63) is 33.9 Å². The van der Waals surface area contributed by atoms with Crippen LogP contribution >= 0.6 is 0 Å². The van der Waals surface area contributed by atoms with Crippen LogP contribution in [0, 0.1) is 10.1 Å². The molecule has 6 nitrogen and oxygen atoms in total. The molecule has 0 aliphatic carbocycles. The molecule has 0 spiro atoms. The van der Waals surface area contributed by atoms with Crippen molar-refractivity contribution in [1.82, 2.24) is 10.2 Å². The zero-order valence-corrected chi connectivity index (χ0v) is 12.2. The first kappa shape index (κ1) is 14.7. The Bertz CT molecular complexity index is 502. The monoisotopic (exact) mass is 279 g/mol. The maximum Gasteiger partial charge on any atom is 0.311 e. The van der Waals surface area contributed by atoms with Gasteiger partial charge < -0.3 is 10.1 Å². The average molecular weight is 279 g/mol. The van der Waals surface area contributed by atoms with Gasteiger partial charge in [-0.2, -0.15) is 0 Å². The third kappa shape index (κ3) is 3.46. The van der Waals surface area contributed by atoms with Gasteiger partial charge in [0, 0.05) is 37.8 Å². The van der Waals surface area contributed by atoms with Crippen molar-refractivity contribution >= 4 is 5.69 Å². The molecule has 1 aliphatic heterocycles. The highest BCUT2D eigenvalue weighted by atomic mass is 16.6. The molecule has 1 N–H and O–H groups in total. The summed E-state index contributed by atoms with van der Waals surface area (Å²) in [7, 11) is 1.45. The first-order chi connectivity index (χ1) is 9.41. The summed E-state index contributed by atoms with van der Waals surface area (Å²) in [5.74, 6) is 0.305. The third-order valence-electron chi connectivity index (χ3n) is 3.50. The summed E-state index contributed by atoms with van der Waals surface area (Å²) in [5.41, 5.74) is 1.05. The van der Waals surface area contributed by atoms with E-state index in [2.05, 4.69) is 24.1 Å². The number of hydrogen-bond donors (Lipinski definition) is 1. The predicted molar refractivity (Wildman–Crippen MR) is 77.0 cm³/mol. The van der Waals surface area contributed by atoms with Gasteiger partial charge in [0.25, 0.3) is 0 Å². The second-order valence-corrected chi connectivity index (χ2v) is 5.78. The number of methoxy groups -OCH3 is 1. The largest absolute Gasteiger partial charge is 0.490 e. The van der Waals surface area contributed by atoms with Crippen LogP contribution in [-0.4, -0.2) is 42.1 Å². The molecular weight excluding hydrogens is 258 g/mol. The molecule has 0 atom stereocenters. The Morgan fingerprint density at radius 2 is 2.25 bits per heavy atom. The van der Waals surface area contributed by atoms with E-state index in [0.717, 1.165) is 31.7 Å². The maximum absolute atomic E-state index is 11.0. The lowest BCUT2D eigenvalue weighted by Crippen LogP contribution is -2.56. The molecule has 1 fully saturated rings. The Morgan fingerprint density at radius 3 is 2.85 bits per heavy atom. The zero-order chi connectivity index (χ0) is 14.8. The van der Waals surface area contributed by atoms with Crippen LogP contribution in [0.15, 0.2) is 18.2 Å². The minimum Gasteiger partial charge on any atom is -0.490 e. The topological polar surface area (TPSA) is 67.6 Å². The van der Waals surface area contributed by atoms with E-state index in [1.54, 1.807) is 12.1 Å². The standard InChI is InChI=1S/C14H21N3O3/c1-14(2)10-16(7-6-15-14)9-11-4-5-13(20-3)12(8-11)17(18)19/h4-5,8,15H,6-7,9-10H2,1-3H3. The van der Waals surface area contributed by atoms with Gasteiger partial charge in [0.15, 0.2) is 5.75 Å². The van der Waals surface area contributed by atoms with Crippen molar-refractivity contribution < 1.29 is 9.66 Å². The molecule has 0 unspecified atom stereocenters. The van der Waals surface area contributed by atoms with Gasteiger partial charge in [-0.3, -0.25) is 15.0 Å². The molecule has 20 heavy (non-hydrogen) atoms. The van der Waals surface area contributed by atoms with Crippen LogP contribution in [0.5, 0.6) is 5.75 Å². The van der Waals surface area contributed by atoms with Gasteiger partial charge in [0.1, 0.15) is 0 Å². The molecule has 1 heterocycles. The maximum atomic E-state index is 11.0. The quantitative estimate of drug-likeness (QED) is 0.672. The second-order valence-electron chi connectivity index (χ2n) is 5.78. The lowest BCUT2D eigenvalue weighted by Gasteiger charge is -2.39. The molecule has 6 heteroatoms. The summed E-state index contributed by atoms with van der Waals surface area (Å²) in [6.45, 7) is 7.85. The van der Waals surface area contributed by atoms with E-state index in [1.165, 1.54) is 7.11 Å². The minimum atomic E-state index is -0.399. The van der Waals surface area contributed by atoms with Crippen LogP contribution in [0.3, 0.4) is 0 Å². The van der Waals surface area contributed by atoms with Crippen molar-refractivity contribution in [2.45, 2.75) is 25.9 Å². The fraction of sp³-hybridized carbons (Fsp3) is 0.571. The first-order valence-corrected chi connectivity index (χ1v) is 6.70. The number of rotatable bonds is 4. The van der Waals surface area contributed by atoms with Crippen LogP contribution in [-0.2, 0) is 6.54 Å². The number of piperazine rings is 1. The fourth-order valence-corrected chi connectivity index (χ4v) is 2.62. The van der Waals surface area contributed by atoms with E-state index < -0.39 is 4.92 Å². The van der Waals surface area contributed by atoms with Gasteiger partial charge in [0.2, 0.25) is 0 Å². The number of nitrogens with zero attached hydrogens (tertiary/aromatic N) is 2. The molecule has 1 aliphatic rings. The number of hydrogen-bond acceptors (Lipinski definition) is 5. The molecule has 0 radical (unpaired) electrons. The highest BCUT2D eigenvalue weighted by Crippen LogP contribution is 2.28. The van der Waals surface area contributed by atoms with Gasteiger partial charge in [-0.05, 0) is 25.5 Å². The normalized spacial score (nSPS) is 18.8. The zero-order valence-electron chi connectivity index (χ0n) is 12.2. The highest BCUT2D eigenvalue weighted by molar-refractivity contribution is 5.48. The molecule has 0 bridgehead atoms. The van der Waals surface area contributed by atoms with Crippen molar-refractivity contribution in [2.75, 3.05) is 26.7 Å². The molecule has 110 valence electrons. The number of nitro groups is 1. The molecule has 1 aromatic rings. The first-order valence-electron chi connectivity index (χ1n) is 6.70. The molecule has 0 saturated carbocycles. The Hall–Kier alpha value is -1.66. The summed E-state index contributed by atoms with van der Waals surface area (Å²) in [4.78, 5) is 12.9.